The van der Waals surface area contributed by atoms with Crippen molar-refractivity contribution in [1.29, 1.82) is 0 Å². The van der Waals surface area contributed by atoms with Gasteiger partial charge >= 0.3 is 5.97 Å². The molecule has 3 heterocycles. The molecule has 0 saturated carbocycles. The predicted octanol–water partition coefficient (Wildman–Crippen LogP) is 4.97. The number of hydrogen-bond donors (Lipinski definition) is 3. The third-order valence-corrected chi connectivity index (χ3v) is 7.12. The van der Waals surface area contributed by atoms with E-state index in [1.54, 1.807) is 12.3 Å². The number of pyridine rings is 1. The van der Waals surface area contributed by atoms with E-state index in [4.69, 9.17) is 28.2 Å². The number of amides is 1. The van der Waals surface area contributed by atoms with Crippen LogP contribution in [-0.4, -0.2) is 44.1 Å². The monoisotopic (exact) mass is 537 g/mol. The number of rotatable bonds is 7. The van der Waals surface area contributed by atoms with E-state index in [1.807, 2.05) is 36.4 Å². The minimum atomic E-state index is -1.16. The quantitative estimate of drug-likeness (QED) is 0.307. The number of hydrogen-bond acceptors (Lipinski definition) is 5. The Morgan fingerprint density at radius 3 is 2.51 bits per heavy atom. The molecular formula is C27H25Cl2N5O3. The van der Waals surface area contributed by atoms with Crippen molar-refractivity contribution >= 4 is 46.2 Å². The van der Waals surface area contributed by atoms with Crippen LogP contribution in [0, 0.1) is 0 Å². The number of carboxylic acids is 1. The Morgan fingerprint density at radius 2 is 1.84 bits per heavy atom. The minimum absolute atomic E-state index is 0.0516. The summed E-state index contributed by atoms with van der Waals surface area (Å²) in [6.07, 6.45) is 5.11. The third-order valence-electron chi connectivity index (χ3n) is 6.49. The number of benzene rings is 2. The van der Waals surface area contributed by atoms with Gasteiger partial charge in [-0.15, -0.1) is 0 Å². The molecule has 1 amide bonds. The lowest BCUT2D eigenvalue weighted by molar-refractivity contribution is -0.139. The summed E-state index contributed by atoms with van der Waals surface area (Å²) in [6.45, 7) is 0.946. The van der Waals surface area contributed by atoms with Gasteiger partial charge in [0.1, 0.15) is 17.4 Å². The first kappa shape index (κ1) is 25.2. The van der Waals surface area contributed by atoms with Crippen molar-refractivity contribution in [2.45, 2.75) is 37.8 Å². The van der Waals surface area contributed by atoms with Crippen molar-refractivity contribution in [3.63, 3.8) is 0 Å². The molecule has 8 nitrogen and oxygen atoms in total. The molecular weight excluding hydrogens is 513 g/mol. The molecule has 190 valence electrons. The first-order valence-electron chi connectivity index (χ1n) is 12.1. The van der Waals surface area contributed by atoms with E-state index in [0.29, 0.717) is 0 Å². The van der Waals surface area contributed by atoms with Gasteiger partial charge in [0.25, 0.3) is 5.91 Å². The Hall–Kier alpha value is -3.46. The Kier molecular flexibility index (Phi) is 7.41. The van der Waals surface area contributed by atoms with Crippen molar-refractivity contribution in [2.75, 3.05) is 6.54 Å². The average molecular weight is 538 g/mol. The highest BCUT2D eigenvalue weighted by atomic mass is 35.5. The first-order chi connectivity index (χ1) is 17.9. The average Bonchev–Trinajstić information content (AvgIpc) is 3.29. The molecule has 37 heavy (non-hydrogen) atoms. The molecule has 1 saturated heterocycles. The molecule has 0 radical (unpaired) electrons. The van der Waals surface area contributed by atoms with E-state index >= 15 is 0 Å². The Balaban J connectivity index is 1.40. The van der Waals surface area contributed by atoms with Crippen molar-refractivity contribution in [1.82, 2.24) is 25.2 Å². The zero-order valence-electron chi connectivity index (χ0n) is 19.8. The fourth-order valence-corrected chi connectivity index (χ4v) is 5.22. The van der Waals surface area contributed by atoms with Gasteiger partial charge in [0, 0.05) is 18.3 Å². The summed E-state index contributed by atoms with van der Waals surface area (Å²) in [7, 11) is 0. The molecule has 2 aromatic heterocycles. The first-order valence-corrected chi connectivity index (χ1v) is 12.8. The smallest absolute Gasteiger partial charge is 0.326 e. The molecule has 1 aliphatic rings. The summed E-state index contributed by atoms with van der Waals surface area (Å²) < 4.78 is 2.05. The van der Waals surface area contributed by atoms with E-state index < -0.39 is 17.9 Å². The summed E-state index contributed by atoms with van der Waals surface area (Å²) in [4.78, 5) is 34.1. The topological polar surface area (TPSA) is 109 Å². The molecule has 10 heteroatoms. The van der Waals surface area contributed by atoms with Crippen LogP contribution in [0.1, 0.15) is 47.1 Å². The Bertz CT molecular complexity index is 1430. The third kappa shape index (κ3) is 5.32. The second-order valence-corrected chi connectivity index (χ2v) is 9.80. The van der Waals surface area contributed by atoms with E-state index in [9.17, 15) is 14.7 Å². The largest absolute Gasteiger partial charge is 0.480 e. The number of nitrogens with zero attached hydrogens (tertiary/aromatic N) is 3. The van der Waals surface area contributed by atoms with Crippen LogP contribution in [0.4, 0.5) is 0 Å². The van der Waals surface area contributed by atoms with Crippen molar-refractivity contribution in [2.24, 2.45) is 0 Å². The molecule has 1 fully saturated rings. The van der Waals surface area contributed by atoms with Crippen LogP contribution in [0.15, 0.2) is 60.8 Å². The summed E-state index contributed by atoms with van der Waals surface area (Å²) in [5, 5.41) is 16.2. The van der Waals surface area contributed by atoms with Gasteiger partial charge in [-0.1, -0.05) is 47.8 Å². The molecule has 0 spiro atoms. The molecule has 0 bridgehead atoms. The molecule has 0 unspecified atom stereocenters. The number of fused-ring (bicyclic) bond motifs is 1. The number of carbonyl (C=O) groups excluding carboxylic acids is 1. The number of carbonyl (C=O) groups is 2. The van der Waals surface area contributed by atoms with Crippen LogP contribution in [-0.2, 0) is 11.2 Å². The number of carboxylic acid groups (broad SMARTS) is 1. The zero-order chi connectivity index (χ0) is 25.9. The van der Waals surface area contributed by atoms with Gasteiger partial charge in [0.15, 0.2) is 5.65 Å². The lowest BCUT2D eigenvalue weighted by atomic mass is 10.0. The minimum Gasteiger partial charge on any atom is -0.480 e. The van der Waals surface area contributed by atoms with Crippen LogP contribution < -0.4 is 10.6 Å². The van der Waals surface area contributed by atoms with Crippen LogP contribution in [0.5, 0.6) is 0 Å². The van der Waals surface area contributed by atoms with E-state index in [0.717, 1.165) is 54.0 Å². The van der Waals surface area contributed by atoms with Crippen LogP contribution >= 0.6 is 23.2 Å². The van der Waals surface area contributed by atoms with Gasteiger partial charge in [-0.3, -0.25) is 9.36 Å². The molecule has 3 N–H and O–H groups in total. The molecule has 1 aliphatic heterocycles. The van der Waals surface area contributed by atoms with Crippen molar-refractivity contribution in [3.8, 4) is 5.69 Å². The van der Waals surface area contributed by atoms with Crippen LogP contribution in [0.3, 0.4) is 0 Å². The maximum absolute atomic E-state index is 12.7. The van der Waals surface area contributed by atoms with Crippen LogP contribution in [0.25, 0.3) is 16.9 Å². The number of halogens is 2. The second kappa shape index (κ2) is 10.9. The van der Waals surface area contributed by atoms with Gasteiger partial charge in [-0.05, 0) is 61.3 Å². The van der Waals surface area contributed by atoms with Gasteiger partial charge in [0.05, 0.1) is 21.7 Å². The molecule has 2 atom stereocenters. The molecule has 0 aliphatic carbocycles. The van der Waals surface area contributed by atoms with E-state index in [2.05, 4.69) is 20.2 Å². The summed E-state index contributed by atoms with van der Waals surface area (Å²) in [5.41, 5.74) is 3.27. The van der Waals surface area contributed by atoms with E-state index in [1.165, 1.54) is 12.1 Å². The highest BCUT2D eigenvalue weighted by Gasteiger charge is 2.25. The second-order valence-electron chi connectivity index (χ2n) is 8.99. The van der Waals surface area contributed by atoms with Gasteiger partial charge in [0.2, 0.25) is 0 Å². The van der Waals surface area contributed by atoms with Gasteiger partial charge in [-0.2, -0.15) is 0 Å². The van der Waals surface area contributed by atoms with Gasteiger partial charge in [-0.25, -0.2) is 14.8 Å². The SMILES string of the molecule is O=C(N[C@@H](Cc1ccc(-n2c([C@@H]3CCCCN3)nc3cccnc32)cc1)C(=O)O)c1c(Cl)cccc1Cl. The normalized spacial score (nSPS) is 16.4. The molecule has 5 rings (SSSR count). The highest BCUT2D eigenvalue weighted by molar-refractivity contribution is 6.39. The van der Waals surface area contributed by atoms with Crippen molar-refractivity contribution < 1.29 is 14.7 Å². The maximum Gasteiger partial charge on any atom is 0.326 e. The number of aliphatic carboxylic acids is 1. The fraction of sp³-hybridized carbons (Fsp3) is 0.259. The Morgan fingerprint density at radius 1 is 1.08 bits per heavy atom. The Labute approximate surface area is 223 Å². The summed E-state index contributed by atoms with van der Waals surface area (Å²) in [5.74, 6) is -0.885. The molecule has 2 aromatic carbocycles. The van der Waals surface area contributed by atoms with E-state index in [-0.39, 0.29) is 28.1 Å². The lowest BCUT2D eigenvalue weighted by Gasteiger charge is -2.24. The van der Waals surface area contributed by atoms with Gasteiger partial charge < -0.3 is 15.7 Å². The molecule has 4 aromatic rings. The highest BCUT2D eigenvalue weighted by Crippen LogP contribution is 2.29. The zero-order valence-corrected chi connectivity index (χ0v) is 21.3. The number of imidazole rings is 1. The fourth-order valence-electron chi connectivity index (χ4n) is 4.65. The number of piperidine rings is 1. The lowest BCUT2D eigenvalue weighted by Crippen LogP contribution is -2.42. The summed E-state index contributed by atoms with van der Waals surface area (Å²) >= 11 is 12.2. The number of aromatic nitrogens is 3. The number of nitrogens with one attached hydrogen (secondary N) is 2. The summed E-state index contributed by atoms with van der Waals surface area (Å²) in [6, 6.07) is 15.0. The predicted molar refractivity (Wildman–Crippen MR) is 143 cm³/mol. The maximum atomic E-state index is 12.7. The van der Waals surface area contributed by atoms with Crippen molar-refractivity contribution in [3.05, 3.63) is 87.8 Å². The van der Waals surface area contributed by atoms with Crippen LogP contribution in [0.2, 0.25) is 10.0 Å². The standard InChI is InChI=1S/C27H25Cl2N5O3/c28-18-5-3-6-19(29)23(18)26(35)33-22(27(36)37)15-16-9-11-17(12-10-16)34-24-21(8-4-14-31-24)32-25(34)20-7-1-2-13-30-20/h3-6,8-12,14,20,22,30H,1-2,7,13,15H2,(H,33,35)(H,36,37)/t20-,22-/m0/s1.